The maximum Gasteiger partial charge on any atom is 0.144 e. The van der Waals surface area contributed by atoms with Gasteiger partial charge in [0.1, 0.15) is 5.84 Å². The summed E-state index contributed by atoms with van der Waals surface area (Å²) in [5.41, 5.74) is 4.88. The minimum atomic E-state index is 0.768. The van der Waals surface area contributed by atoms with Gasteiger partial charge in [0.05, 0.1) is 6.54 Å². The third kappa shape index (κ3) is 1.44. The fourth-order valence-electron chi connectivity index (χ4n) is 1.65. The zero-order valence-electron chi connectivity index (χ0n) is 8.20. The highest BCUT2D eigenvalue weighted by atomic mass is 15.3. The van der Waals surface area contributed by atoms with E-state index in [0.29, 0.717) is 0 Å². The molecule has 1 heterocycles. The number of hydrogen-bond acceptors (Lipinski definition) is 4. The molecule has 0 fully saturated rings. The van der Waals surface area contributed by atoms with Gasteiger partial charge in [-0.1, -0.05) is 12.1 Å². The highest BCUT2D eigenvalue weighted by Gasteiger charge is 2.13. The molecule has 2 rings (SSSR count). The third-order valence-corrected chi connectivity index (χ3v) is 2.41. The fourth-order valence-corrected chi connectivity index (χ4v) is 1.65. The number of nitrogens with two attached hydrogens (primary N) is 1. The predicted molar refractivity (Wildman–Crippen MR) is 58.4 cm³/mol. The summed E-state index contributed by atoms with van der Waals surface area (Å²) in [6.45, 7) is 1.69. The van der Waals surface area contributed by atoms with Crippen molar-refractivity contribution in [3.05, 3.63) is 29.8 Å². The SMILES string of the molecule is CN1CCN=C(NN)c2ccccc21. The van der Waals surface area contributed by atoms with E-state index in [9.17, 15) is 0 Å². The molecule has 0 saturated carbocycles. The minimum Gasteiger partial charge on any atom is -0.372 e. The van der Waals surface area contributed by atoms with Gasteiger partial charge >= 0.3 is 0 Å². The van der Waals surface area contributed by atoms with E-state index in [-0.39, 0.29) is 0 Å². The summed E-state index contributed by atoms with van der Waals surface area (Å²) in [6.07, 6.45) is 0. The monoisotopic (exact) mass is 190 g/mol. The van der Waals surface area contributed by atoms with E-state index < -0.39 is 0 Å². The van der Waals surface area contributed by atoms with Crippen LogP contribution < -0.4 is 16.2 Å². The van der Waals surface area contributed by atoms with E-state index in [2.05, 4.69) is 28.4 Å². The Morgan fingerprint density at radius 1 is 1.43 bits per heavy atom. The third-order valence-electron chi connectivity index (χ3n) is 2.41. The van der Waals surface area contributed by atoms with Crippen LogP contribution in [0.2, 0.25) is 0 Å². The summed E-state index contributed by atoms with van der Waals surface area (Å²) < 4.78 is 0. The summed E-state index contributed by atoms with van der Waals surface area (Å²) in [5, 5.41) is 0. The second kappa shape index (κ2) is 3.67. The molecule has 0 spiro atoms. The summed E-state index contributed by atoms with van der Waals surface area (Å²) in [5.74, 6) is 6.20. The first-order valence-electron chi connectivity index (χ1n) is 4.64. The highest BCUT2D eigenvalue weighted by Crippen LogP contribution is 2.20. The Labute approximate surface area is 83.4 Å². The van der Waals surface area contributed by atoms with Crippen LogP contribution in [0.15, 0.2) is 29.3 Å². The molecule has 0 bridgehead atoms. The van der Waals surface area contributed by atoms with Gasteiger partial charge in [-0.3, -0.25) is 4.99 Å². The molecule has 0 amide bonds. The molecule has 0 unspecified atom stereocenters. The van der Waals surface area contributed by atoms with Gasteiger partial charge in [0.2, 0.25) is 0 Å². The summed E-state index contributed by atoms with van der Waals surface area (Å²) >= 11 is 0. The van der Waals surface area contributed by atoms with Crippen LogP contribution in [0, 0.1) is 0 Å². The first-order chi connectivity index (χ1) is 6.83. The van der Waals surface area contributed by atoms with Crippen molar-refractivity contribution in [2.45, 2.75) is 0 Å². The normalized spacial score (nSPS) is 15.6. The average molecular weight is 190 g/mol. The Hall–Kier alpha value is -1.55. The Morgan fingerprint density at radius 3 is 3.00 bits per heavy atom. The summed E-state index contributed by atoms with van der Waals surface area (Å²) in [7, 11) is 2.06. The molecule has 74 valence electrons. The fraction of sp³-hybridized carbons (Fsp3) is 0.300. The molecular formula is C10H14N4. The molecule has 1 aliphatic heterocycles. The van der Waals surface area contributed by atoms with Gasteiger partial charge in [-0.2, -0.15) is 0 Å². The summed E-state index contributed by atoms with van der Waals surface area (Å²) in [6, 6.07) is 8.11. The Bertz CT molecular complexity index is 359. The van der Waals surface area contributed by atoms with Crippen LogP contribution >= 0.6 is 0 Å². The van der Waals surface area contributed by atoms with Gasteiger partial charge in [-0.15, -0.1) is 0 Å². The summed E-state index contributed by atoms with van der Waals surface area (Å²) in [4.78, 5) is 6.56. The van der Waals surface area contributed by atoms with Crippen molar-refractivity contribution in [2.75, 3.05) is 25.0 Å². The Kier molecular flexibility index (Phi) is 2.37. The number of benzene rings is 1. The molecule has 0 saturated heterocycles. The lowest BCUT2D eigenvalue weighted by Gasteiger charge is -2.18. The Morgan fingerprint density at radius 2 is 2.21 bits per heavy atom. The quantitative estimate of drug-likeness (QED) is 0.458. The molecule has 0 aromatic heterocycles. The molecule has 3 N–H and O–H groups in total. The number of nitrogens with zero attached hydrogens (tertiary/aromatic N) is 2. The second-order valence-electron chi connectivity index (χ2n) is 3.31. The number of para-hydroxylation sites is 1. The van der Waals surface area contributed by atoms with E-state index in [1.807, 2.05) is 18.2 Å². The minimum absolute atomic E-state index is 0.768. The van der Waals surface area contributed by atoms with Gasteiger partial charge in [-0.05, 0) is 12.1 Å². The van der Waals surface area contributed by atoms with E-state index in [0.717, 1.165) is 24.5 Å². The van der Waals surface area contributed by atoms with Crippen LogP contribution in [0.3, 0.4) is 0 Å². The number of fused-ring (bicyclic) bond motifs is 1. The number of hydrogen-bond donors (Lipinski definition) is 2. The van der Waals surface area contributed by atoms with Crippen LogP contribution in [0.4, 0.5) is 5.69 Å². The molecule has 1 aliphatic rings. The number of nitrogens with one attached hydrogen (secondary N) is 1. The van der Waals surface area contributed by atoms with Crippen LogP contribution in [0.25, 0.3) is 0 Å². The number of rotatable bonds is 0. The molecule has 0 radical (unpaired) electrons. The van der Waals surface area contributed by atoms with Crippen molar-refractivity contribution in [3.8, 4) is 0 Å². The molecule has 0 aliphatic carbocycles. The van der Waals surface area contributed by atoms with E-state index in [1.165, 1.54) is 5.69 Å². The molecule has 1 aromatic rings. The van der Waals surface area contributed by atoms with Gasteiger partial charge in [-0.25, -0.2) is 5.84 Å². The standard InChI is InChI=1S/C10H14N4/c1-14-7-6-12-10(13-11)8-4-2-3-5-9(8)14/h2-5H,6-7,11H2,1H3,(H,12,13). The van der Waals surface area contributed by atoms with Gasteiger partial charge in [0.15, 0.2) is 0 Å². The predicted octanol–water partition coefficient (Wildman–Crippen LogP) is 0.346. The van der Waals surface area contributed by atoms with Crippen LogP contribution in [0.1, 0.15) is 5.56 Å². The van der Waals surface area contributed by atoms with Gasteiger partial charge < -0.3 is 10.3 Å². The number of likely N-dealkylation sites (N-methyl/N-ethyl adjacent to an activating group) is 1. The highest BCUT2D eigenvalue weighted by molar-refractivity contribution is 6.03. The van der Waals surface area contributed by atoms with Crippen LogP contribution in [-0.4, -0.2) is 26.0 Å². The van der Waals surface area contributed by atoms with Gasteiger partial charge in [0, 0.05) is 24.8 Å². The number of benzodiazepines with no additional fused rings is 1. The van der Waals surface area contributed by atoms with Crippen molar-refractivity contribution in [2.24, 2.45) is 10.8 Å². The topological polar surface area (TPSA) is 53.6 Å². The van der Waals surface area contributed by atoms with E-state index in [4.69, 9.17) is 5.84 Å². The van der Waals surface area contributed by atoms with E-state index >= 15 is 0 Å². The molecule has 4 nitrogen and oxygen atoms in total. The number of anilines is 1. The lowest BCUT2D eigenvalue weighted by atomic mass is 10.1. The molecular weight excluding hydrogens is 176 g/mol. The number of aliphatic imine (C=N–C) groups is 1. The zero-order valence-corrected chi connectivity index (χ0v) is 8.20. The molecule has 1 aromatic carbocycles. The second-order valence-corrected chi connectivity index (χ2v) is 3.31. The van der Waals surface area contributed by atoms with E-state index in [1.54, 1.807) is 0 Å². The zero-order chi connectivity index (χ0) is 9.97. The lowest BCUT2D eigenvalue weighted by molar-refractivity contribution is 0.890. The van der Waals surface area contributed by atoms with Crippen molar-refractivity contribution in [1.82, 2.24) is 5.43 Å². The largest absolute Gasteiger partial charge is 0.372 e. The molecule has 0 atom stereocenters. The first-order valence-corrected chi connectivity index (χ1v) is 4.64. The average Bonchev–Trinajstić information content (AvgIpc) is 2.39. The van der Waals surface area contributed by atoms with Crippen LogP contribution in [0.5, 0.6) is 0 Å². The first kappa shape index (κ1) is 9.02. The smallest absolute Gasteiger partial charge is 0.144 e. The number of amidine groups is 1. The molecule has 14 heavy (non-hydrogen) atoms. The van der Waals surface area contributed by atoms with Crippen molar-refractivity contribution in [3.63, 3.8) is 0 Å². The van der Waals surface area contributed by atoms with Crippen LogP contribution in [-0.2, 0) is 0 Å². The van der Waals surface area contributed by atoms with Crippen molar-refractivity contribution < 1.29 is 0 Å². The Balaban J connectivity index is 2.51. The van der Waals surface area contributed by atoms with Crippen molar-refractivity contribution in [1.29, 1.82) is 0 Å². The van der Waals surface area contributed by atoms with Gasteiger partial charge in [0.25, 0.3) is 0 Å². The van der Waals surface area contributed by atoms with Crippen molar-refractivity contribution >= 4 is 11.5 Å². The number of hydrazine groups is 1. The molecule has 4 heteroatoms. The maximum absolute atomic E-state index is 5.43. The lowest BCUT2D eigenvalue weighted by Crippen LogP contribution is -2.31. The maximum atomic E-state index is 5.43.